The number of carbonyl (C=O) groups is 4. The van der Waals surface area contributed by atoms with Gasteiger partial charge in [-0.2, -0.15) is 13.2 Å². The molecule has 3 aromatic rings. The predicted molar refractivity (Wildman–Crippen MR) is 149 cm³/mol. The van der Waals surface area contributed by atoms with E-state index >= 15 is 0 Å². The lowest BCUT2D eigenvalue weighted by atomic mass is 10.2. The molecule has 41 heavy (non-hydrogen) atoms. The molecule has 13 heteroatoms. The first-order valence-corrected chi connectivity index (χ1v) is 13.4. The van der Waals surface area contributed by atoms with Crippen molar-refractivity contribution in [2.45, 2.75) is 26.9 Å². The summed E-state index contributed by atoms with van der Waals surface area (Å²) in [5, 5.41) is 2.00. The highest BCUT2D eigenvalue weighted by Gasteiger charge is 2.37. The number of carbonyl (C=O) groups excluding carboxylic acids is 4. The minimum Gasteiger partial charge on any atom is -0.462 e. The van der Waals surface area contributed by atoms with E-state index in [0.717, 1.165) is 17.0 Å². The minimum atomic E-state index is -4.50. The molecule has 1 saturated heterocycles. The molecule has 1 N–H and O–H groups in total. The highest BCUT2D eigenvalue weighted by molar-refractivity contribution is 8.18. The summed E-state index contributed by atoms with van der Waals surface area (Å²) in [6.45, 7) is 4.59. The summed E-state index contributed by atoms with van der Waals surface area (Å²) in [4.78, 5) is 51.2. The number of imide groups is 1. The SMILES string of the molecule is CCOC(=O)c1cc(NC(=O)CN2C(=O)S/C(=C\c3cc(C)n(-c4cccc(C(F)(F)F)c4)c3C)C2=O)ccc1Cl. The highest BCUT2D eigenvalue weighted by Crippen LogP contribution is 2.35. The van der Waals surface area contributed by atoms with Crippen molar-refractivity contribution in [1.82, 2.24) is 9.47 Å². The maximum Gasteiger partial charge on any atom is 0.416 e. The first kappa shape index (κ1) is 29.9. The Morgan fingerprint density at radius 3 is 2.51 bits per heavy atom. The van der Waals surface area contributed by atoms with E-state index in [9.17, 15) is 32.3 Å². The molecule has 1 aliphatic heterocycles. The number of ether oxygens (including phenoxy) is 1. The van der Waals surface area contributed by atoms with Gasteiger partial charge in [0.25, 0.3) is 11.1 Å². The first-order chi connectivity index (χ1) is 19.3. The maximum absolute atomic E-state index is 13.2. The van der Waals surface area contributed by atoms with Gasteiger partial charge in [0.1, 0.15) is 6.54 Å². The number of benzene rings is 2. The summed E-state index contributed by atoms with van der Waals surface area (Å²) >= 11 is 6.68. The number of anilines is 1. The molecule has 0 bridgehead atoms. The second-order valence-corrected chi connectivity index (χ2v) is 10.3. The van der Waals surface area contributed by atoms with Gasteiger partial charge in [0.15, 0.2) is 0 Å². The van der Waals surface area contributed by atoms with Crippen LogP contribution in [0.3, 0.4) is 0 Å². The van der Waals surface area contributed by atoms with Crippen LogP contribution in [0.5, 0.6) is 0 Å². The van der Waals surface area contributed by atoms with Crippen LogP contribution in [0.2, 0.25) is 5.02 Å². The van der Waals surface area contributed by atoms with Crippen LogP contribution >= 0.6 is 23.4 Å². The molecule has 2 heterocycles. The quantitative estimate of drug-likeness (QED) is 0.240. The van der Waals surface area contributed by atoms with E-state index in [4.69, 9.17) is 16.3 Å². The van der Waals surface area contributed by atoms with Crippen LogP contribution < -0.4 is 5.32 Å². The number of aromatic nitrogens is 1. The second-order valence-electron chi connectivity index (χ2n) is 8.94. The number of hydrogen-bond donors (Lipinski definition) is 1. The zero-order chi connectivity index (χ0) is 30.1. The normalized spacial score (nSPS) is 14.6. The average molecular weight is 606 g/mol. The molecule has 1 aromatic heterocycles. The number of amides is 3. The van der Waals surface area contributed by atoms with Crippen molar-refractivity contribution in [3.05, 3.63) is 86.5 Å². The van der Waals surface area contributed by atoms with Crippen molar-refractivity contribution in [1.29, 1.82) is 0 Å². The molecule has 0 saturated carbocycles. The highest BCUT2D eigenvalue weighted by atomic mass is 35.5. The van der Waals surface area contributed by atoms with E-state index in [-0.39, 0.29) is 27.8 Å². The third-order valence-electron chi connectivity index (χ3n) is 6.11. The summed E-state index contributed by atoms with van der Waals surface area (Å²) in [6, 6.07) is 10.8. The van der Waals surface area contributed by atoms with E-state index in [0.29, 0.717) is 34.4 Å². The topological polar surface area (TPSA) is 97.7 Å². The third-order valence-corrected chi connectivity index (χ3v) is 7.35. The van der Waals surface area contributed by atoms with Crippen LogP contribution in [-0.4, -0.2) is 45.6 Å². The fraction of sp³-hybridized carbons (Fsp3) is 0.214. The van der Waals surface area contributed by atoms with Gasteiger partial charge in [-0.05, 0) is 86.6 Å². The van der Waals surface area contributed by atoms with Crippen molar-refractivity contribution < 1.29 is 37.1 Å². The average Bonchev–Trinajstić information content (AvgIpc) is 3.33. The Morgan fingerprint density at radius 1 is 1.10 bits per heavy atom. The summed E-state index contributed by atoms with van der Waals surface area (Å²) in [5.74, 6) is -2.05. The van der Waals surface area contributed by atoms with E-state index < -0.39 is 41.3 Å². The Bertz CT molecular complexity index is 1600. The summed E-state index contributed by atoms with van der Waals surface area (Å²) in [7, 11) is 0. The van der Waals surface area contributed by atoms with Crippen LogP contribution in [0, 0.1) is 13.8 Å². The fourth-order valence-corrected chi connectivity index (χ4v) is 5.27. The van der Waals surface area contributed by atoms with Crippen molar-refractivity contribution in [3.8, 4) is 5.69 Å². The Hall–Kier alpha value is -4.03. The smallest absolute Gasteiger partial charge is 0.416 e. The van der Waals surface area contributed by atoms with Gasteiger partial charge in [-0.3, -0.25) is 19.3 Å². The third kappa shape index (κ3) is 6.49. The lowest BCUT2D eigenvalue weighted by molar-refractivity contribution is -0.137. The number of nitrogens with one attached hydrogen (secondary N) is 1. The van der Waals surface area contributed by atoms with Gasteiger partial charge in [0.2, 0.25) is 5.91 Å². The first-order valence-electron chi connectivity index (χ1n) is 12.2. The van der Waals surface area contributed by atoms with Gasteiger partial charge in [-0.15, -0.1) is 0 Å². The zero-order valence-corrected chi connectivity index (χ0v) is 23.5. The molecule has 8 nitrogen and oxygen atoms in total. The Balaban J connectivity index is 1.51. The minimum absolute atomic E-state index is 0.0446. The van der Waals surface area contributed by atoms with Crippen molar-refractivity contribution >= 4 is 58.1 Å². The number of halogens is 4. The maximum atomic E-state index is 13.2. The van der Waals surface area contributed by atoms with E-state index in [1.807, 2.05) is 0 Å². The number of alkyl halides is 3. The van der Waals surface area contributed by atoms with Crippen LogP contribution in [0.4, 0.5) is 23.7 Å². The monoisotopic (exact) mass is 605 g/mol. The number of rotatable bonds is 7. The van der Waals surface area contributed by atoms with Crippen LogP contribution in [0.15, 0.2) is 53.4 Å². The van der Waals surface area contributed by atoms with Crippen LogP contribution in [-0.2, 0) is 20.5 Å². The second kappa shape index (κ2) is 11.8. The molecular weight excluding hydrogens is 583 g/mol. The molecule has 2 aromatic carbocycles. The molecule has 0 radical (unpaired) electrons. The fourth-order valence-electron chi connectivity index (χ4n) is 4.24. The van der Waals surface area contributed by atoms with Gasteiger partial charge in [0, 0.05) is 22.8 Å². The molecule has 1 fully saturated rings. The van der Waals surface area contributed by atoms with Gasteiger partial charge in [-0.25, -0.2) is 4.79 Å². The lowest BCUT2D eigenvalue weighted by Crippen LogP contribution is -2.36. The number of aryl methyl sites for hydroxylation is 1. The Morgan fingerprint density at radius 2 is 1.83 bits per heavy atom. The molecule has 0 aliphatic carbocycles. The molecular formula is C28H23ClF3N3O5S. The lowest BCUT2D eigenvalue weighted by Gasteiger charge is -2.13. The molecule has 214 valence electrons. The van der Waals surface area contributed by atoms with Gasteiger partial charge < -0.3 is 14.6 Å². The zero-order valence-electron chi connectivity index (χ0n) is 22.0. The van der Waals surface area contributed by atoms with Crippen LogP contribution in [0.1, 0.15) is 39.8 Å². The molecule has 0 unspecified atom stereocenters. The van der Waals surface area contributed by atoms with E-state index in [1.54, 1.807) is 37.5 Å². The van der Waals surface area contributed by atoms with Crippen LogP contribution in [0.25, 0.3) is 11.8 Å². The number of thioether (sulfide) groups is 1. The summed E-state index contributed by atoms with van der Waals surface area (Å²) < 4.78 is 46.3. The molecule has 1 aliphatic rings. The van der Waals surface area contributed by atoms with Gasteiger partial charge >= 0.3 is 12.1 Å². The molecule has 0 atom stereocenters. The Kier molecular flexibility index (Phi) is 8.64. The molecule has 0 spiro atoms. The summed E-state index contributed by atoms with van der Waals surface area (Å²) in [6.07, 6.45) is -3.03. The number of hydrogen-bond acceptors (Lipinski definition) is 6. The molecule has 3 amide bonds. The van der Waals surface area contributed by atoms with Crippen molar-refractivity contribution in [3.63, 3.8) is 0 Å². The number of nitrogens with zero attached hydrogens (tertiary/aromatic N) is 2. The van der Waals surface area contributed by atoms with E-state index in [1.165, 1.54) is 30.3 Å². The van der Waals surface area contributed by atoms with Crippen molar-refractivity contribution in [2.24, 2.45) is 0 Å². The Labute approximate surface area is 242 Å². The van der Waals surface area contributed by atoms with Crippen molar-refractivity contribution in [2.75, 3.05) is 18.5 Å². The van der Waals surface area contributed by atoms with E-state index in [2.05, 4.69) is 5.32 Å². The summed E-state index contributed by atoms with van der Waals surface area (Å²) in [5.41, 5.74) is 1.48. The van der Waals surface area contributed by atoms with Gasteiger partial charge in [-0.1, -0.05) is 17.7 Å². The number of esters is 1. The largest absolute Gasteiger partial charge is 0.462 e. The van der Waals surface area contributed by atoms with Gasteiger partial charge in [0.05, 0.1) is 27.7 Å². The predicted octanol–water partition coefficient (Wildman–Crippen LogP) is 6.62. The molecule has 4 rings (SSSR count). The standard InChI is InChI=1S/C28H23ClF3N3O5S/c1-4-40-26(38)21-13-19(8-9-22(21)29)33-24(36)14-34-25(37)23(41-27(34)39)11-17-10-15(2)35(16(17)3)20-7-5-6-18(12-20)28(30,31)32/h5-13H,4,14H2,1-3H3,(H,33,36)/b23-11-.